The largest absolute Gasteiger partial charge is 0.492 e. The topological polar surface area (TPSA) is 73.6 Å². The second kappa shape index (κ2) is 8.22. The molecule has 21 heavy (non-hydrogen) atoms. The van der Waals surface area contributed by atoms with Crippen molar-refractivity contribution in [3.8, 4) is 5.75 Å². The number of ether oxygens (including phenoxy) is 2. The molecule has 6 heteroatoms. The van der Waals surface area contributed by atoms with E-state index in [0.717, 1.165) is 11.3 Å². The number of amides is 1. The second-order valence-corrected chi connectivity index (χ2v) is 5.19. The number of rotatable bonds is 5. The highest BCUT2D eigenvalue weighted by Gasteiger charge is 2.35. The fourth-order valence-corrected chi connectivity index (χ4v) is 2.18. The van der Waals surface area contributed by atoms with E-state index in [9.17, 15) is 4.79 Å². The lowest BCUT2D eigenvalue weighted by Crippen LogP contribution is -2.57. The van der Waals surface area contributed by atoms with Gasteiger partial charge in [0.2, 0.25) is 5.91 Å². The Labute approximate surface area is 131 Å². The summed E-state index contributed by atoms with van der Waals surface area (Å²) in [5.41, 5.74) is 6.44. The fourth-order valence-electron chi connectivity index (χ4n) is 2.18. The van der Waals surface area contributed by atoms with E-state index in [-0.39, 0.29) is 18.3 Å². The number of carbonyl (C=O) groups excluding carboxylic acids is 1. The van der Waals surface area contributed by atoms with E-state index in [4.69, 9.17) is 15.2 Å². The molecule has 1 amide bonds. The van der Waals surface area contributed by atoms with Crippen molar-refractivity contribution in [1.29, 1.82) is 0 Å². The average Bonchev–Trinajstić information content (AvgIpc) is 2.44. The highest BCUT2D eigenvalue weighted by atomic mass is 35.5. The van der Waals surface area contributed by atoms with Gasteiger partial charge in [0.25, 0.3) is 0 Å². The molecule has 118 valence electrons. The van der Waals surface area contributed by atoms with E-state index in [1.807, 2.05) is 31.2 Å². The smallest absolute Gasteiger partial charge is 0.240 e. The summed E-state index contributed by atoms with van der Waals surface area (Å²) >= 11 is 0. The highest BCUT2D eigenvalue weighted by Crippen LogP contribution is 2.17. The molecule has 0 bridgehead atoms. The molecule has 1 saturated heterocycles. The van der Waals surface area contributed by atoms with E-state index < -0.39 is 5.54 Å². The van der Waals surface area contributed by atoms with Crippen LogP contribution < -0.4 is 15.8 Å². The number of carbonyl (C=O) groups is 1. The van der Waals surface area contributed by atoms with Crippen molar-refractivity contribution in [2.75, 3.05) is 26.4 Å². The van der Waals surface area contributed by atoms with Crippen molar-refractivity contribution in [3.05, 3.63) is 29.8 Å². The van der Waals surface area contributed by atoms with Gasteiger partial charge in [-0.15, -0.1) is 12.4 Å². The zero-order valence-corrected chi connectivity index (χ0v) is 13.1. The molecular formula is C15H23ClN2O3. The Morgan fingerprint density at radius 1 is 1.43 bits per heavy atom. The summed E-state index contributed by atoms with van der Waals surface area (Å²) in [5.74, 6) is 0.696. The molecule has 0 aromatic heterocycles. The van der Waals surface area contributed by atoms with Crippen LogP contribution in [0.5, 0.6) is 5.75 Å². The third kappa shape index (κ3) is 5.19. The molecule has 1 aliphatic heterocycles. The summed E-state index contributed by atoms with van der Waals surface area (Å²) in [6.45, 7) is 3.99. The zero-order chi connectivity index (χ0) is 14.4. The van der Waals surface area contributed by atoms with Crippen LogP contribution in [0.25, 0.3) is 0 Å². The zero-order valence-electron chi connectivity index (χ0n) is 12.3. The van der Waals surface area contributed by atoms with Gasteiger partial charge in [-0.1, -0.05) is 12.1 Å². The minimum absolute atomic E-state index is 0. The summed E-state index contributed by atoms with van der Waals surface area (Å²) < 4.78 is 10.8. The van der Waals surface area contributed by atoms with E-state index in [0.29, 0.717) is 39.2 Å². The first-order valence-corrected chi connectivity index (χ1v) is 6.94. The summed E-state index contributed by atoms with van der Waals surface area (Å²) in [6, 6.07) is 7.82. The maximum atomic E-state index is 12.0. The number of halogens is 1. The molecule has 1 heterocycles. The molecule has 2 rings (SSSR count). The van der Waals surface area contributed by atoms with Crippen molar-refractivity contribution in [2.45, 2.75) is 25.3 Å². The monoisotopic (exact) mass is 314 g/mol. The Kier molecular flexibility index (Phi) is 6.95. The average molecular weight is 315 g/mol. The van der Waals surface area contributed by atoms with Gasteiger partial charge in [-0.2, -0.15) is 0 Å². The molecule has 0 saturated carbocycles. The summed E-state index contributed by atoms with van der Waals surface area (Å²) in [7, 11) is 0. The molecule has 5 nitrogen and oxygen atoms in total. The van der Waals surface area contributed by atoms with Crippen LogP contribution in [0.1, 0.15) is 18.4 Å². The van der Waals surface area contributed by atoms with Crippen molar-refractivity contribution >= 4 is 18.3 Å². The van der Waals surface area contributed by atoms with Crippen LogP contribution in [0.2, 0.25) is 0 Å². The van der Waals surface area contributed by atoms with Crippen LogP contribution in [0.4, 0.5) is 0 Å². The summed E-state index contributed by atoms with van der Waals surface area (Å²) in [6.07, 6.45) is 1.13. The fraction of sp³-hybridized carbons (Fsp3) is 0.533. The Balaban J connectivity index is 0.00000220. The van der Waals surface area contributed by atoms with E-state index in [1.54, 1.807) is 0 Å². The first kappa shape index (κ1) is 17.8. The Morgan fingerprint density at radius 3 is 2.81 bits per heavy atom. The Hall–Kier alpha value is -1.30. The van der Waals surface area contributed by atoms with Crippen LogP contribution >= 0.6 is 12.4 Å². The van der Waals surface area contributed by atoms with Gasteiger partial charge in [-0.05, 0) is 37.5 Å². The van der Waals surface area contributed by atoms with E-state index in [2.05, 4.69) is 5.32 Å². The van der Waals surface area contributed by atoms with Gasteiger partial charge in [0.1, 0.15) is 12.4 Å². The molecule has 1 fully saturated rings. The van der Waals surface area contributed by atoms with Crippen LogP contribution in [0.15, 0.2) is 24.3 Å². The molecule has 1 aromatic rings. The first-order chi connectivity index (χ1) is 9.60. The van der Waals surface area contributed by atoms with Gasteiger partial charge < -0.3 is 20.5 Å². The molecule has 1 aromatic carbocycles. The molecule has 1 aliphatic rings. The van der Waals surface area contributed by atoms with E-state index >= 15 is 0 Å². The molecule has 0 radical (unpaired) electrons. The molecule has 0 spiro atoms. The van der Waals surface area contributed by atoms with Crippen LogP contribution in [-0.4, -0.2) is 37.8 Å². The summed E-state index contributed by atoms with van der Waals surface area (Å²) in [5, 5.41) is 2.83. The van der Waals surface area contributed by atoms with Crippen LogP contribution in [-0.2, 0) is 9.53 Å². The number of hydrogen-bond acceptors (Lipinski definition) is 4. The lowest BCUT2D eigenvalue weighted by molar-refractivity contribution is -0.129. The number of nitrogens with one attached hydrogen (secondary N) is 1. The predicted octanol–water partition coefficient (Wildman–Crippen LogP) is 1.42. The van der Waals surface area contributed by atoms with Crippen molar-refractivity contribution in [1.82, 2.24) is 5.32 Å². The quantitative estimate of drug-likeness (QED) is 0.806. The van der Waals surface area contributed by atoms with Crippen molar-refractivity contribution < 1.29 is 14.3 Å². The molecule has 0 aliphatic carbocycles. The molecule has 3 N–H and O–H groups in total. The molecule has 0 atom stereocenters. The predicted molar refractivity (Wildman–Crippen MR) is 83.9 cm³/mol. The first-order valence-electron chi connectivity index (χ1n) is 6.94. The SMILES string of the molecule is Cc1cccc(OCCNC(=O)C2(N)CCOCC2)c1.Cl. The highest BCUT2D eigenvalue weighted by molar-refractivity contribution is 5.86. The molecule has 0 unspecified atom stereocenters. The van der Waals surface area contributed by atoms with Gasteiger partial charge in [0, 0.05) is 13.2 Å². The van der Waals surface area contributed by atoms with Crippen LogP contribution in [0.3, 0.4) is 0 Å². The third-order valence-corrected chi connectivity index (χ3v) is 3.48. The van der Waals surface area contributed by atoms with Gasteiger partial charge in [-0.25, -0.2) is 0 Å². The van der Waals surface area contributed by atoms with E-state index in [1.165, 1.54) is 0 Å². The molecular weight excluding hydrogens is 292 g/mol. The van der Waals surface area contributed by atoms with Gasteiger partial charge in [-0.3, -0.25) is 4.79 Å². The van der Waals surface area contributed by atoms with Gasteiger partial charge in [0.15, 0.2) is 0 Å². The number of aryl methyl sites for hydroxylation is 1. The number of hydrogen-bond donors (Lipinski definition) is 2. The lowest BCUT2D eigenvalue weighted by Gasteiger charge is -2.31. The Bertz CT molecular complexity index is 462. The third-order valence-electron chi connectivity index (χ3n) is 3.48. The van der Waals surface area contributed by atoms with Crippen molar-refractivity contribution in [2.24, 2.45) is 5.73 Å². The second-order valence-electron chi connectivity index (χ2n) is 5.19. The van der Waals surface area contributed by atoms with Crippen LogP contribution in [0, 0.1) is 6.92 Å². The summed E-state index contributed by atoms with van der Waals surface area (Å²) in [4.78, 5) is 12.0. The minimum atomic E-state index is -0.790. The number of benzene rings is 1. The lowest BCUT2D eigenvalue weighted by atomic mass is 9.90. The van der Waals surface area contributed by atoms with Gasteiger partial charge >= 0.3 is 0 Å². The maximum absolute atomic E-state index is 12.0. The number of nitrogens with two attached hydrogens (primary N) is 1. The Morgan fingerprint density at radius 2 is 2.14 bits per heavy atom. The van der Waals surface area contributed by atoms with Gasteiger partial charge in [0.05, 0.1) is 12.1 Å². The normalized spacial score (nSPS) is 16.7. The minimum Gasteiger partial charge on any atom is -0.492 e. The standard InChI is InChI=1S/C15H22N2O3.ClH/c1-12-3-2-4-13(11-12)20-10-7-17-14(18)15(16)5-8-19-9-6-15;/h2-4,11H,5-10,16H2,1H3,(H,17,18);1H. The van der Waals surface area contributed by atoms with Crippen molar-refractivity contribution in [3.63, 3.8) is 0 Å². The maximum Gasteiger partial charge on any atom is 0.240 e.